The number of aromatic nitrogens is 2. The number of carboxylic acid groups (broad SMARTS) is 2. The van der Waals surface area contributed by atoms with Gasteiger partial charge in [-0.2, -0.15) is 0 Å². The SMILES string of the molecule is Cn1c(=O)ccn([C@@H]2S[C@H]([C@H](O)[C@H](NC(=O)[C@@H](N)CC(=O)O)C(=O)O)[C@H](O)[C@H]2O)c1=O. The van der Waals surface area contributed by atoms with Crippen LogP contribution < -0.4 is 22.3 Å². The van der Waals surface area contributed by atoms with Gasteiger partial charge in [0.15, 0.2) is 6.04 Å². The number of aliphatic hydroxyl groups excluding tert-OH is 3. The topological polar surface area (TPSA) is 234 Å². The van der Waals surface area contributed by atoms with Crippen LogP contribution in [-0.4, -0.2) is 88.2 Å². The maximum atomic E-state index is 12.3. The van der Waals surface area contributed by atoms with E-state index in [0.29, 0.717) is 11.8 Å². The third-order valence-corrected chi connectivity index (χ3v) is 6.40. The van der Waals surface area contributed by atoms with Crippen LogP contribution >= 0.6 is 11.8 Å². The first-order chi connectivity index (χ1) is 14.4. The molecule has 14 nitrogen and oxygen atoms in total. The van der Waals surface area contributed by atoms with Crippen LogP contribution in [0.5, 0.6) is 0 Å². The van der Waals surface area contributed by atoms with Crippen LogP contribution in [0.2, 0.25) is 0 Å². The lowest BCUT2D eigenvalue weighted by molar-refractivity contribution is -0.146. The Morgan fingerprint density at radius 2 is 1.84 bits per heavy atom. The minimum Gasteiger partial charge on any atom is -0.481 e. The molecule has 0 aliphatic carbocycles. The molecule has 0 saturated carbocycles. The van der Waals surface area contributed by atoms with Crippen molar-refractivity contribution in [2.75, 3.05) is 0 Å². The average molecular weight is 462 g/mol. The number of thioether (sulfide) groups is 1. The first kappa shape index (κ1) is 24.5. The molecule has 2 heterocycles. The van der Waals surface area contributed by atoms with Gasteiger partial charge in [-0.15, -0.1) is 11.8 Å². The second kappa shape index (κ2) is 9.61. The average Bonchev–Trinajstić information content (AvgIpc) is 2.98. The lowest BCUT2D eigenvalue weighted by Gasteiger charge is -2.27. The van der Waals surface area contributed by atoms with E-state index in [4.69, 9.17) is 10.8 Å². The fourth-order valence-corrected chi connectivity index (χ4v) is 4.58. The summed E-state index contributed by atoms with van der Waals surface area (Å²) in [4.78, 5) is 58.1. The number of nitrogens with zero attached hydrogens (tertiary/aromatic N) is 2. The number of carbonyl (C=O) groups excluding carboxylic acids is 1. The van der Waals surface area contributed by atoms with Crippen molar-refractivity contribution >= 4 is 29.6 Å². The normalized spacial score (nSPS) is 26.1. The van der Waals surface area contributed by atoms with E-state index in [1.54, 1.807) is 0 Å². The van der Waals surface area contributed by atoms with Crippen LogP contribution in [0.25, 0.3) is 0 Å². The smallest absolute Gasteiger partial charge is 0.331 e. The summed E-state index contributed by atoms with van der Waals surface area (Å²) in [6.45, 7) is 0. The van der Waals surface area contributed by atoms with E-state index >= 15 is 0 Å². The van der Waals surface area contributed by atoms with Crippen molar-refractivity contribution in [3.63, 3.8) is 0 Å². The van der Waals surface area contributed by atoms with E-state index < -0.39 is 76.5 Å². The van der Waals surface area contributed by atoms with Gasteiger partial charge in [0.1, 0.15) is 11.5 Å². The second-order valence-electron chi connectivity index (χ2n) is 6.89. The molecule has 15 heteroatoms. The van der Waals surface area contributed by atoms with Gasteiger partial charge in [-0.1, -0.05) is 0 Å². The zero-order valence-corrected chi connectivity index (χ0v) is 16.9. The Hall–Kier alpha value is -2.72. The summed E-state index contributed by atoms with van der Waals surface area (Å²) in [7, 11) is 1.20. The number of carboxylic acids is 2. The number of hydrogen-bond donors (Lipinski definition) is 7. The maximum Gasteiger partial charge on any atom is 0.331 e. The second-order valence-corrected chi connectivity index (χ2v) is 8.19. The number of aliphatic carboxylic acids is 2. The van der Waals surface area contributed by atoms with Crippen molar-refractivity contribution in [2.45, 2.75) is 47.4 Å². The Bertz CT molecular complexity index is 978. The molecule has 1 saturated heterocycles. The molecule has 0 radical (unpaired) electrons. The van der Waals surface area contributed by atoms with Crippen LogP contribution in [-0.2, 0) is 21.4 Å². The Morgan fingerprint density at radius 3 is 2.39 bits per heavy atom. The van der Waals surface area contributed by atoms with E-state index in [9.17, 15) is 44.4 Å². The van der Waals surface area contributed by atoms with Gasteiger partial charge in [-0.05, 0) is 0 Å². The Morgan fingerprint density at radius 1 is 1.23 bits per heavy atom. The van der Waals surface area contributed by atoms with Crippen molar-refractivity contribution in [3.8, 4) is 0 Å². The van der Waals surface area contributed by atoms with Gasteiger partial charge >= 0.3 is 17.6 Å². The highest BCUT2D eigenvalue weighted by atomic mass is 32.2. The van der Waals surface area contributed by atoms with Crippen molar-refractivity contribution < 1.29 is 39.9 Å². The Labute approximate surface area is 177 Å². The first-order valence-corrected chi connectivity index (χ1v) is 9.79. The van der Waals surface area contributed by atoms with Crippen molar-refractivity contribution in [3.05, 3.63) is 33.1 Å². The number of carbonyl (C=O) groups is 3. The van der Waals surface area contributed by atoms with E-state index in [-0.39, 0.29) is 0 Å². The van der Waals surface area contributed by atoms with Crippen LogP contribution in [0.15, 0.2) is 21.9 Å². The molecule has 0 spiro atoms. The van der Waals surface area contributed by atoms with Gasteiger partial charge in [0.05, 0.1) is 29.9 Å². The molecule has 1 fully saturated rings. The number of hydrogen-bond acceptors (Lipinski definition) is 10. The molecule has 8 N–H and O–H groups in total. The lowest BCUT2D eigenvalue weighted by Crippen LogP contribution is -2.57. The zero-order valence-electron chi connectivity index (χ0n) is 16.1. The first-order valence-electron chi connectivity index (χ1n) is 8.85. The predicted molar refractivity (Wildman–Crippen MR) is 104 cm³/mol. The molecule has 1 aromatic rings. The summed E-state index contributed by atoms with van der Waals surface area (Å²) in [6.07, 6.45) is -4.99. The van der Waals surface area contributed by atoms with Crippen LogP contribution in [0.3, 0.4) is 0 Å². The fourth-order valence-electron chi connectivity index (χ4n) is 3.00. The summed E-state index contributed by atoms with van der Waals surface area (Å²) in [5.41, 5.74) is 3.96. The number of nitrogens with two attached hydrogens (primary N) is 1. The highest BCUT2D eigenvalue weighted by Gasteiger charge is 2.50. The highest BCUT2D eigenvalue weighted by molar-refractivity contribution is 8.00. The number of rotatable bonds is 8. The molecule has 0 unspecified atom stereocenters. The summed E-state index contributed by atoms with van der Waals surface area (Å²) in [6, 6.07) is -2.54. The molecule has 1 aliphatic rings. The van der Waals surface area contributed by atoms with E-state index in [2.05, 4.69) is 0 Å². The Balaban J connectivity index is 2.25. The lowest BCUT2D eigenvalue weighted by atomic mass is 10.00. The van der Waals surface area contributed by atoms with Gasteiger partial charge in [-0.25, -0.2) is 9.59 Å². The largest absolute Gasteiger partial charge is 0.481 e. The van der Waals surface area contributed by atoms with Crippen molar-refractivity contribution in [2.24, 2.45) is 12.8 Å². The third kappa shape index (κ3) is 5.13. The minimum atomic E-state index is -2.00. The standard InChI is InChI=1S/C16H22N4O10S/c1-19-6(21)2-3-20(16(19)30)14-11(26)10(25)12(31-14)9(24)8(15(28)29)18-13(27)5(17)4-7(22)23/h2-3,5,8-12,14,24-26H,4,17H2,1H3,(H,18,27)(H,22,23)(H,28,29)/t5-,8-,9+,10+,11+,12+,14+/m0/s1. The summed E-state index contributed by atoms with van der Waals surface area (Å²) < 4.78 is 1.71. The van der Waals surface area contributed by atoms with Gasteiger partial charge in [0, 0.05) is 19.3 Å². The predicted octanol–water partition coefficient (Wildman–Crippen LogP) is -4.38. The number of aliphatic hydroxyl groups is 3. The molecule has 1 amide bonds. The van der Waals surface area contributed by atoms with E-state index in [1.165, 1.54) is 7.05 Å². The van der Waals surface area contributed by atoms with Crippen LogP contribution in [0, 0.1) is 0 Å². The number of amides is 1. The van der Waals surface area contributed by atoms with Crippen LogP contribution in [0.1, 0.15) is 11.8 Å². The monoisotopic (exact) mass is 462 g/mol. The molecule has 31 heavy (non-hydrogen) atoms. The molecule has 0 aromatic carbocycles. The van der Waals surface area contributed by atoms with Gasteiger partial charge in [0.2, 0.25) is 5.91 Å². The molecular formula is C16H22N4O10S. The molecule has 2 rings (SSSR count). The summed E-state index contributed by atoms with van der Waals surface area (Å²) in [5, 5.41) is 48.7. The fraction of sp³-hybridized carbons (Fsp3) is 0.562. The Kier molecular flexibility index (Phi) is 7.61. The summed E-state index contributed by atoms with van der Waals surface area (Å²) >= 11 is 0.666. The molecular weight excluding hydrogens is 440 g/mol. The molecule has 7 atom stereocenters. The minimum absolute atomic E-state index is 0.609. The quantitative estimate of drug-likeness (QED) is 0.194. The molecule has 1 aliphatic heterocycles. The maximum absolute atomic E-state index is 12.3. The van der Waals surface area contributed by atoms with E-state index in [1.807, 2.05) is 5.32 Å². The van der Waals surface area contributed by atoms with Gasteiger partial charge in [-0.3, -0.25) is 23.5 Å². The van der Waals surface area contributed by atoms with Crippen LogP contribution in [0.4, 0.5) is 0 Å². The molecule has 1 aromatic heterocycles. The van der Waals surface area contributed by atoms with Crippen molar-refractivity contribution in [1.82, 2.24) is 14.5 Å². The zero-order chi connectivity index (χ0) is 23.6. The number of nitrogens with one attached hydrogen (secondary N) is 1. The van der Waals surface area contributed by atoms with E-state index in [0.717, 1.165) is 21.4 Å². The molecule has 172 valence electrons. The van der Waals surface area contributed by atoms with Crippen molar-refractivity contribution in [1.29, 1.82) is 0 Å². The molecule has 0 bridgehead atoms. The highest BCUT2D eigenvalue weighted by Crippen LogP contribution is 2.43. The summed E-state index contributed by atoms with van der Waals surface area (Å²) in [5.74, 6) is -4.25. The van der Waals surface area contributed by atoms with Gasteiger partial charge < -0.3 is 36.6 Å². The van der Waals surface area contributed by atoms with Gasteiger partial charge in [0.25, 0.3) is 5.56 Å². The third-order valence-electron chi connectivity index (χ3n) is 4.74.